The lowest BCUT2D eigenvalue weighted by Crippen LogP contribution is -2.51. The molecule has 2 aromatic carbocycles. The number of carbonyl (C=O) groups excluding carboxylic acids is 2. The molecule has 0 unspecified atom stereocenters. The van der Waals surface area contributed by atoms with Crippen molar-refractivity contribution in [2.24, 2.45) is 0 Å². The molecule has 2 saturated heterocycles. The second-order valence-corrected chi connectivity index (χ2v) is 7.60. The van der Waals surface area contributed by atoms with Gasteiger partial charge in [-0.25, -0.2) is 4.79 Å². The fourth-order valence-corrected chi connectivity index (χ4v) is 4.09. The first-order valence-electron chi connectivity index (χ1n) is 10.5. The molecule has 8 heteroatoms. The molecule has 4 rings (SSSR count). The van der Waals surface area contributed by atoms with Gasteiger partial charge in [-0.1, -0.05) is 18.2 Å². The summed E-state index contributed by atoms with van der Waals surface area (Å²) in [6.07, 6.45) is 0. The standard InChI is InChI=1S/C23H28N4O4/c1-30-19-7-5-6-18(16-19)24-10-12-25(13-11-24)22(28)17-26-14-15-27(23(26)29)20-8-3-4-9-21(20)31-2/h3-9,16H,10-15,17H2,1-2H3. The summed E-state index contributed by atoms with van der Waals surface area (Å²) in [5.74, 6) is 1.46. The smallest absolute Gasteiger partial charge is 0.325 e. The van der Waals surface area contributed by atoms with Gasteiger partial charge in [0.15, 0.2) is 0 Å². The molecule has 2 heterocycles. The number of hydrogen-bond acceptors (Lipinski definition) is 5. The highest BCUT2D eigenvalue weighted by Crippen LogP contribution is 2.30. The van der Waals surface area contributed by atoms with Gasteiger partial charge in [-0.05, 0) is 24.3 Å². The number of urea groups is 1. The number of benzene rings is 2. The minimum atomic E-state index is -0.159. The van der Waals surface area contributed by atoms with Gasteiger partial charge in [0.2, 0.25) is 5.91 Å². The Labute approximate surface area is 182 Å². The Balaban J connectivity index is 1.33. The molecular weight excluding hydrogens is 396 g/mol. The molecule has 3 amide bonds. The molecule has 2 aromatic rings. The number of carbonyl (C=O) groups is 2. The highest BCUT2D eigenvalue weighted by Gasteiger charge is 2.33. The van der Waals surface area contributed by atoms with Crippen LogP contribution in [0.2, 0.25) is 0 Å². The predicted octanol–water partition coefficient (Wildman–Crippen LogP) is 2.29. The number of rotatable bonds is 6. The summed E-state index contributed by atoms with van der Waals surface area (Å²) in [6.45, 7) is 3.93. The molecule has 0 N–H and O–H groups in total. The summed E-state index contributed by atoms with van der Waals surface area (Å²) in [5.41, 5.74) is 1.82. The Bertz CT molecular complexity index is 943. The summed E-state index contributed by atoms with van der Waals surface area (Å²) in [7, 11) is 3.25. The lowest BCUT2D eigenvalue weighted by molar-refractivity contribution is -0.131. The van der Waals surface area contributed by atoms with E-state index < -0.39 is 0 Å². The minimum Gasteiger partial charge on any atom is -0.497 e. The average Bonchev–Trinajstić information content (AvgIpc) is 3.18. The number of piperazine rings is 1. The first-order valence-corrected chi connectivity index (χ1v) is 10.5. The highest BCUT2D eigenvalue weighted by molar-refractivity contribution is 5.97. The Morgan fingerprint density at radius 3 is 2.42 bits per heavy atom. The molecule has 31 heavy (non-hydrogen) atoms. The van der Waals surface area contributed by atoms with Crippen molar-refractivity contribution < 1.29 is 19.1 Å². The zero-order valence-electron chi connectivity index (χ0n) is 18.0. The summed E-state index contributed by atoms with van der Waals surface area (Å²) in [4.78, 5) is 33.1. The maximum Gasteiger partial charge on any atom is 0.325 e. The lowest BCUT2D eigenvalue weighted by Gasteiger charge is -2.36. The van der Waals surface area contributed by atoms with E-state index in [4.69, 9.17) is 9.47 Å². The molecule has 0 aliphatic carbocycles. The van der Waals surface area contributed by atoms with Crippen molar-refractivity contribution in [1.29, 1.82) is 0 Å². The van der Waals surface area contributed by atoms with E-state index in [9.17, 15) is 9.59 Å². The Kier molecular flexibility index (Phi) is 6.16. The van der Waals surface area contributed by atoms with E-state index in [2.05, 4.69) is 11.0 Å². The fraction of sp³-hybridized carbons (Fsp3) is 0.391. The van der Waals surface area contributed by atoms with Crippen LogP contribution in [0.5, 0.6) is 11.5 Å². The quantitative estimate of drug-likeness (QED) is 0.712. The summed E-state index contributed by atoms with van der Waals surface area (Å²) >= 11 is 0. The number of ether oxygens (including phenoxy) is 2. The SMILES string of the molecule is COc1cccc(N2CCN(C(=O)CN3CCN(c4ccccc4OC)C3=O)CC2)c1. The van der Waals surface area contributed by atoms with Crippen LogP contribution in [0.1, 0.15) is 0 Å². The van der Waals surface area contributed by atoms with Gasteiger partial charge in [0, 0.05) is 51.0 Å². The molecule has 0 bridgehead atoms. The Morgan fingerprint density at radius 2 is 1.68 bits per heavy atom. The Hall–Kier alpha value is -3.42. The van der Waals surface area contributed by atoms with Crippen LogP contribution in [-0.2, 0) is 4.79 Å². The second-order valence-electron chi connectivity index (χ2n) is 7.60. The van der Waals surface area contributed by atoms with Crippen LogP contribution < -0.4 is 19.3 Å². The normalized spacial score (nSPS) is 16.6. The minimum absolute atomic E-state index is 0.0134. The number of para-hydroxylation sites is 2. The van der Waals surface area contributed by atoms with Gasteiger partial charge in [-0.15, -0.1) is 0 Å². The van der Waals surface area contributed by atoms with Gasteiger partial charge >= 0.3 is 6.03 Å². The molecule has 0 atom stereocenters. The molecule has 0 aromatic heterocycles. The summed E-state index contributed by atoms with van der Waals surface area (Å²) < 4.78 is 10.7. The zero-order chi connectivity index (χ0) is 21.8. The molecule has 2 aliphatic heterocycles. The maximum atomic E-state index is 12.9. The van der Waals surface area contributed by atoms with Gasteiger partial charge in [-0.3, -0.25) is 9.69 Å². The van der Waals surface area contributed by atoms with Gasteiger partial charge in [0.1, 0.15) is 18.0 Å². The first-order chi connectivity index (χ1) is 15.1. The highest BCUT2D eigenvalue weighted by atomic mass is 16.5. The van der Waals surface area contributed by atoms with Crippen molar-refractivity contribution in [3.63, 3.8) is 0 Å². The maximum absolute atomic E-state index is 12.9. The third-order valence-electron chi connectivity index (χ3n) is 5.85. The van der Waals surface area contributed by atoms with Crippen molar-refractivity contribution in [3.8, 4) is 11.5 Å². The number of hydrogen-bond donors (Lipinski definition) is 0. The van der Waals surface area contributed by atoms with Crippen molar-refractivity contribution in [1.82, 2.24) is 9.80 Å². The number of anilines is 2. The van der Waals surface area contributed by atoms with E-state index in [1.165, 1.54) is 0 Å². The van der Waals surface area contributed by atoms with Crippen LogP contribution in [0.15, 0.2) is 48.5 Å². The number of methoxy groups -OCH3 is 2. The van der Waals surface area contributed by atoms with E-state index >= 15 is 0 Å². The molecular formula is C23H28N4O4. The molecule has 0 spiro atoms. The first kappa shape index (κ1) is 20.8. The third kappa shape index (κ3) is 4.38. The molecule has 8 nitrogen and oxygen atoms in total. The van der Waals surface area contributed by atoms with E-state index in [1.807, 2.05) is 47.4 Å². The van der Waals surface area contributed by atoms with Gasteiger partial charge < -0.3 is 24.2 Å². The zero-order valence-corrected chi connectivity index (χ0v) is 18.0. The van der Waals surface area contributed by atoms with Crippen LogP contribution in [-0.4, -0.2) is 81.8 Å². The van der Waals surface area contributed by atoms with Crippen LogP contribution >= 0.6 is 0 Å². The molecule has 2 fully saturated rings. The molecule has 0 saturated carbocycles. The lowest BCUT2D eigenvalue weighted by atomic mass is 10.2. The summed E-state index contributed by atoms with van der Waals surface area (Å²) in [6, 6.07) is 15.2. The molecule has 0 radical (unpaired) electrons. The van der Waals surface area contributed by atoms with Crippen LogP contribution in [0.4, 0.5) is 16.2 Å². The third-order valence-corrected chi connectivity index (χ3v) is 5.85. The van der Waals surface area contributed by atoms with E-state index in [0.29, 0.717) is 31.9 Å². The van der Waals surface area contributed by atoms with Crippen LogP contribution in [0.3, 0.4) is 0 Å². The van der Waals surface area contributed by atoms with E-state index in [0.717, 1.165) is 30.2 Å². The molecule has 2 aliphatic rings. The average molecular weight is 425 g/mol. The molecule has 164 valence electrons. The fourth-order valence-electron chi connectivity index (χ4n) is 4.09. The topological polar surface area (TPSA) is 65.6 Å². The van der Waals surface area contributed by atoms with Crippen molar-refractivity contribution in [2.75, 3.05) is 69.8 Å². The van der Waals surface area contributed by atoms with Crippen LogP contribution in [0, 0.1) is 0 Å². The summed E-state index contributed by atoms with van der Waals surface area (Å²) in [5, 5.41) is 0. The van der Waals surface area contributed by atoms with Crippen molar-refractivity contribution in [3.05, 3.63) is 48.5 Å². The number of nitrogens with zero attached hydrogens (tertiary/aromatic N) is 4. The van der Waals surface area contributed by atoms with Gasteiger partial charge in [0.05, 0.1) is 19.9 Å². The monoisotopic (exact) mass is 424 g/mol. The second kappa shape index (κ2) is 9.16. The number of amides is 3. The van der Waals surface area contributed by atoms with Crippen molar-refractivity contribution >= 4 is 23.3 Å². The van der Waals surface area contributed by atoms with E-state index in [-0.39, 0.29) is 18.5 Å². The van der Waals surface area contributed by atoms with Crippen molar-refractivity contribution in [2.45, 2.75) is 0 Å². The van der Waals surface area contributed by atoms with Gasteiger partial charge in [0.25, 0.3) is 0 Å². The largest absolute Gasteiger partial charge is 0.497 e. The van der Waals surface area contributed by atoms with E-state index in [1.54, 1.807) is 24.0 Å². The van der Waals surface area contributed by atoms with Gasteiger partial charge in [-0.2, -0.15) is 0 Å². The predicted molar refractivity (Wildman–Crippen MR) is 119 cm³/mol. The van der Waals surface area contributed by atoms with Crippen LogP contribution in [0.25, 0.3) is 0 Å². The Morgan fingerprint density at radius 1 is 0.903 bits per heavy atom.